The Bertz CT molecular complexity index is 1230. The fraction of sp³-hybridized carbons (Fsp3) is 0.318. The quantitative estimate of drug-likeness (QED) is 0.463. The van der Waals surface area contributed by atoms with Gasteiger partial charge in [-0.05, 0) is 44.4 Å². The van der Waals surface area contributed by atoms with E-state index in [2.05, 4.69) is 32.5 Å². The zero-order chi connectivity index (χ0) is 21.1. The smallest absolute Gasteiger partial charge is 0.220 e. The van der Waals surface area contributed by atoms with Crippen LogP contribution < -0.4 is 5.32 Å². The Labute approximate surface area is 178 Å². The summed E-state index contributed by atoms with van der Waals surface area (Å²) in [5.41, 5.74) is 4.81. The zero-order valence-corrected chi connectivity index (χ0v) is 17.8. The fourth-order valence-corrected chi connectivity index (χ4v) is 4.58. The molecule has 0 saturated carbocycles. The number of nitriles is 1. The second-order valence-electron chi connectivity index (χ2n) is 7.20. The summed E-state index contributed by atoms with van der Waals surface area (Å²) in [6.45, 7) is 4.49. The molecular weight excluding hydrogens is 396 g/mol. The van der Waals surface area contributed by atoms with Crippen molar-refractivity contribution in [1.82, 2.24) is 24.9 Å². The first-order chi connectivity index (χ1) is 14.6. The first-order valence-electron chi connectivity index (χ1n) is 9.92. The molecule has 0 spiro atoms. The van der Waals surface area contributed by atoms with Gasteiger partial charge in [0, 0.05) is 30.8 Å². The van der Waals surface area contributed by atoms with Gasteiger partial charge in [0.2, 0.25) is 5.91 Å². The summed E-state index contributed by atoms with van der Waals surface area (Å²) in [6, 6.07) is 10.2. The average molecular weight is 419 g/mol. The lowest BCUT2D eigenvalue weighted by Crippen LogP contribution is -2.25. The maximum Gasteiger partial charge on any atom is 0.220 e. The number of hydrogen-bond acceptors (Lipinski definition) is 6. The Morgan fingerprint density at radius 2 is 2.07 bits per heavy atom. The third-order valence-corrected chi connectivity index (χ3v) is 6.26. The summed E-state index contributed by atoms with van der Waals surface area (Å²) in [4.78, 5) is 21.4. The van der Waals surface area contributed by atoms with Crippen LogP contribution in [0.4, 0.5) is 0 Å². The monoisotopic (exact) mass is 418 g/mol. The van der Waals surface area contributed by atoms with Crippen molar-refractivity contribution in [2.75, 3.05) is 6.54 Å². The maximum atomic E-state index is 12.3. The van der Waals surface area contributed by atoms with Gasteiger partial charge in [-0.25, -0.2) is 14.5 Å². The molecule has 4 aromatic rings. The lowest BCUT2D eigenvalue weighted by Gasteiger charge is -2.11. The lowest BCUT2D eigenvalue weighted by molar-refractivity contribution is -0.121. The van der Waals surface area contributed by atoms with E-state index in [-0.39, 0.29) is 5.91 Å². The summed E-state index contributed by atoms with van der Waals surface area (Å²) in [5.74, 6) is 0.0244. The van der Waals surface area contributed by atoms with Crippen LogP contribution >= 0.6 is 11.3 Å². The molecule has 0 aliphatic heterocycles. The molecule has 30 heavy (non-hydrogen) atoms. The second kappa shape index (κ2) is 8.59. The number of aromatic nitrogens is 4. The van der Waals surface area contributed by atoms with E-state index in [0.29, 0.717) is 30.6 Å². The number of rotatable bonds is 7. The van der Waals surface area contributed by atoms with Crippen LogP contribution in [0.5, 0.6) is 0 Å². The van der Waals surface area contributed by atoms with Crippen molar-refractivity contribution in [2.45, 2.75) is 39.5 Å². The van der Waals surface area contributed by atoms with E-state index in [9.17, 15) is 4.79 Å². The molecule has 0 bridgehead atoms. The zero-order valence-electron chi connectivity index (χ0n) is 17.0. The van der Waals surface area contributed by atoms with Crippen LogP contribution in [0.25, 0.3) is 15.9 Å². The molecule has 0 fully saturated rings. The van der Waals surface area contributed by atoms with Crippen LogP contribution in [0.15, 0.2) is 30.5 Å². The van der Waals surface area contributed by atoms with E-state index in [4.69, 9.17) is 5.26 Å². The summed E-state index contributed by atoms with van der Waals surface area (Å²) >= 11 is 1.71. The minimum atomic E-state index is 0.0244. The van der Waals surface area contributed by atoms with E-state index < -0.39 is 0 Å². The number of nitrogens with zero attached hydrogens (tertiary/aromatic N) is 5. The molecule has 3 aromatic heterocycles. The molecule has 0 aliphatic carbocycles. The number of amides is 1. The maximum absolute atomic E-state index is 12.3. The molecule has 4 rings (SSSR count). The van der Waals surface area contributed by atoms with Gasteiger partial charge in [-0.1, -0.05) is 12.1 Å². The van der Waals surface area contributed by atoms with Crippen molar-refractivity contribution in [1.29, 1.82) is 5.26 Å². The van der Waals surface area contributed by atoms with Gasteiger partial charge >= 0.3 is 0 Å². The van der Waals surface area contributed by atoms with Crippen molar-refractivity contribution >= 4 is 33.1 Å². The molecule has 1 aromatic carbocycles. The molecule has 8 heteroatoms. The third kappa shape index (κ3) is 4.02. The second-order valence-corrected chi connectivity index (χ2v) is 8.31. The Morgan fingerprint density at radius 1 is 1.23 bits per heavy atom. The average Bonchev–Trinajstić information content (AvgIpc) is 3.34. The van der Waals surface area contributed by atoms with Crippen LogP contribution in [0.3, 0.4) is 0 Å². The van der Waals surface area contributed by atoms with Gasteiger partial charge in [-0.2, -0.15) is 10.4 Å². The Hall–Kier alpha value is -3.31. The first kappa shape index (κ1) is 20.0. The minimum Gasteiger partial charge on any atom is -0.356 e. The topological polar surface area (TPSA) is 96.0 Å². The van der Waals surface area contributed by atoms with Crippen LogP contribution in [0.1, 0.15) is 40.4 Å². The lowest BCUT2D eigenvalue weighted by atomic mass is 10.1. The third-order valence-electron chi connectivity index (χ3n) is 5.16. The van der Waals surface area contributed by atoms with Crippen molar-refractivity contribution in [2.24, 2.45) is 0 Å². The number of thiazole rings is 1. The Kier molecular flexibility index (Phi) is 5.72. The molecule has 0 saturated heterocycles. The van der Waals surface area contributed by atoms with E-state index in [1.165, 1.54) is 10.9 Å². The number of para-hydroxylation sites is 1. The highest BCUT2D eigenvalue weighted by Crippen LogP contribution is 2.22. The molecule has 1 amide bonds. The predicted molar refractivity (Wildman–Crippen MR) is 116 cm³/mol. The van der Waals surface area contributed by atoms with Crippen molar-refractivity contribution in [3.63, 3.8) is 0 Å². The Balaban J connectivity index is 1.29. The molecule has 0 unspecified atom stereocenters. The minimum absolute atomic E-state index is 0.0244. The van der Waals surface area contributed by atoms with Crippen molar-refractivity contribution in [3.8, 4) is 6.07 Å². The highest BCUT2D eigenvalue weighted by Gasteiger charge is 2.14. The van der Waals surface area contributed by atoms with Crippen LogP contribution in [0, 0.1) is 25.2 Å². The summed E-state index contributed by atoms with van der Waals surface area (Å²) < 4.78 is 2.88. The van der Waals surface area contributed by atoms with Gasteiger partial charge in [0.1, 0.15) is 11.6 Å². The number of aryl methyl sites for hydroxylation is 3. The number of hydrogen-bond donors (Lipinski definition) is 1. The standard InChI is InChI=1S/C22H22N6OS/c1-14-17(15(2)28-22(26-14)16(12-23)13-25-28)9-10-20(29)24-11-5-8-21-27-18-6-3-4-7-19(18)30-21/h3-4,6-7,13H,5,8-11H2,1-2H3,(H,24,29). The molecule has 0 atom stereocenters. The molecule has 7 nitrogen and oxygen atoms in total. The Morgan fingerprint density at radius 3 is 2.87 bits per heavy atom. The van der Waals surface area contributed by atoms with Gasteiger partial charge in [0.15, 0.2) is 5.65 Å². The van der Waals surface area contributed by atoms with E-state index >= 15 is 0 Å². The molecule has 0 aliphatic rings. The molecule has 1 N–H and O–H groups in total. The highest BCUT2D eigenvalue weighted by atomic mass is 32.1. The molecule has 152 valence electrons. The predicted octanol–water partition coefficient (Wildman–Crippen LogP) is 3.51. The van der Waals surface area contributed by atoms with E-state index in [1.807, 2.05) is 32.0 Å². The van der Waals surface area contributed by atoms with E-state index in [1.54, 1.807) is 15.9 Å². The number of carbonyl (C=O) groups excluding carboxylic acids is 1. The number of carbonyl (C=O) groups is 1. The normalized spacial score (nSPS) is 11.1. The van der Waals surface area contributed by atoms with Crippen LogP contribution in [-0.2, 0) is 17.6 Å². The number of nitrogens with one attached hydrogen (secondary N) is 1. The molecular formula is C22H22N6OS. The van der Waals surface area contributed by atoms with Crippen molar-refractivity contribution in [3.05, 3.63) is 58.0 Å². The summed E-state index contributed by atoms with van der Waals surface area (Å²) in [7, 11) is 0. The van der Waals surface area contributed by atoms with E-state index in [0.717, 1.165) is 40.3 Å². The van der Waals surface area contributed by atoms with Crippen molar-refractivity contribution < 1.29 is 4.79 Å². The summed E-state index contributed by atoms with van der Waals surface area (Å²) in [6.07, 6.45) is 4.23. The first-order valence-corrected chi connectivity index (χ1v) is 10.7. The van der Waals surface area contributed by atoms with Gasteiger partial charge in [0.05, 0.1) is 21.4 Å². The number of benzene rings is 1. The SMILES string of the molecule is Cc1nc2c(C#N)cnn2c(C)c1CCC(=O)NCCCc1nc2ccccc2s1. The van der Waals surface area contributed by atoms with Gasteiger partial charge in [-0.3, -0.25) is 4.79 Å². The molecule has 3 heterocycles. The fourth-order valence-electron chi connectivity index (χ4n) is 3.57. The van der Waals surface area contributed by atoms with Gasteiger partial charge in [-0.15, -0.1) is 11.3 Å². The van der Waals surface area contributed by atoms with Crippen LogP contribution in [0.2, 0.25) is 0 Å². The molecule has 0 radical (unpaired) electrons. The highest BCUT2D eigenvalue weighted by molar-refractivity contribution is 7.18. The van der Waals surface area contributed by atoms with Gasteiger partial charge < -0.3 is 5.32 Å². The number of fused-ring (bicyclic) bond motifs is 2. The summed E-state index contributed by atoms with van der Waals surface area (Å²) in [5, 5.41) is 17.5. The largest absolute Gasteiger partial charge is 0.356 e. The van der Waals surface area contributed by atoms with Crippen LogP contribution in [-0.4, -0.2) is 32.0 Å². The van der Waals surface area contributed by atoms with Gasteiger partial charge in [0.25, 0.3) is 0 Å².